The summed E-state index contributed by atoms with van der Waals surface area (Å²) in [5.74, 6) is 1.42. The number of rotatable bonds is 3. The predicted octanol–water partition coefficient (Wildman–Crippen LogP) is 0.418. The molecule has 1 saturated carbocycles. The summed E-state index contributed by atoms with van der Waals surface area (Å²) in [6, 6.07) is 1.92. The smallest absolute Gasteiger partial charge is 0.329 e. The normalized spacial score (nSPS) is 25.1. The van der Waals surface area contributed by atoms with Crippen molar-refractivity contribution in [2.24, 2.45) is 13.0 Å². The van der Waals surface area contributed by atoms with Crippen LogP contribution in [0.25, 0.3) is 0 Å². The summed E-state index contributed by atoms with van der Waals surface area (Å²) in [4.78, 5) is 27.6. The fourth-order valence-electron chi connectivity index (χ4n) is 4.24. The second-order valence-corrected chi connectivity index (χ2v) is 7.61. The number of nitrogens with zero attached hydrogens (tertiary/aromatic N) is 6. The number of carbonyl (C=O) groups is 1. The average Bonchev–Trinajstić information content (AvgIpc) is 3.10. The standard InChI is InChI=1S/C17H22N6O2/c1-20-7-6-14(18-20)16(24)23-12-4-5-13(23)10-21-15(8-12)19-22(17(21)25)9-11-2-3-11/h6-7,11-13H,2-5,8-10H2,1H3/t12-,13+/m0/s1. The first-order chi connectivity index (χ1) is 12.1. The van der Waals surface area contributed by atoms with Crippen molar-refractivity contribution in [3.63, 3.8) is 0 Å². The Bertz CT molecular complexity index is 889. The van der Waals surface area contributed by atoms with E-state index in [0.717, 1.165) is 25.2 Å². The number of aryl methyl sites for hydroxylation is 1. The molecule has 3 aliphatic rings. The van der Waals surface area contributed by atoms with Gasteiger partial charge in [0.05, 0.1) is 6.04 Å². The van der Waals surface area contributed by atoms with Crippen LogP contribution < -0.4 is 5.69 Å². The van der Waals surface area contributed by atoms with Crippen LogP contribution in [0.3, 0.4) is 0 Å². The van der Waals surface area contributed by atoms with Gasteiger partial charge < -0.3 is 4.90 Å². The summed E-state index contributed by atoms with van der Waals surface area (Å²) in [7, 11) is 1.81. The fourth-order valence-corrected chi connectivity index (χ4v) is 4.24. The zero-order chi connectivity index (χ0) is 17.1. The van der Waals surface area contributed by atoms with E-state index in [4.69, 9.17) is 0 Å². The molecule has 2 aliphatic heterocycles. The maximum atomic E-state index is 12.9. The molecule has 1 amide bonds. The Morgan fingerprint density at radius 2 is 2.00 bits per heavy atom. The van der Waals surface area contributed by atoms with Gasteiger partial charge in [0.15, 0.2) is 0 Å². The van der Waals surface area contributed by atoms with Crippen LogP contribution in [0.15, 0.2) is 17.1 Å². The van der Waals surface area contributed by atoms with Crippen molar-refractivity contribution in [2.75, 3.05) is 0 Å². The van der Waals surface area contributed by atoms with Crippen LogP contribution in [0.4, 0.5) is 0 Å². The highest BCUT2D eigenvalue weighted by molar-refractivity contribution is 5.93. The van der Waals surface area contributed by atoms with Crippen LogP contribution in [-0.4, -0.2) is 47.0 Å². The molecule has 132 valence electrons. The van der Waals surface area contributed by atoms with Gasteiger partial charge in [-0.3, -0.25) is 14.0 Å². The van der Waals surface area contributed by atoms with Gasteiger partial charge in [0.25, 0.3) is 5.91 Å². The highest BCUT2D eigenvalue weighted by atomic mass is 16.2. The van der Waals surface area contributed by atoms with E-state index in [1.807, 2.05) is 11.9 Å². The zero-order valence-electron chi connectivity index (χ0n) is 14.3. The van der Waals surface area contributed by atoms with E-state index in [9.17, 15) is 9.59 Å². The Morgan fingerprint density at radius 3 is 2.72 bits per heavy atom. The van der Waals surface area contributed by atoms with Crippen molar-refractivity contribution in [1.29, 1.82) is 0 Å². The highest BCUT2D eigenvalue weighted by Crippen LogP contribution is 2.32. The molecule has 1 aliphatic carbocycles. The van der Waals surface area contributed by atoms with Crippen LogP contribution in [0.5, 0.6) is 0 Å². The lowest BCUT2D eigenvalue weighted by Crippen LogP contribution is -2.43. The van der Waals surface area contributed by atoms with Crippen molar-refractivity contribution in [2.45, 2.75) is 57.3 Å². The Kier molecular flexibility index (Phi) is 3.17. The lowest BCUT2D eigenvalue weighted by atomic mass is 10.1. The molecule has 2 aromatic heterocycles. The maximum absolute atomic E-state index is 12.9. The second kappa shape index (κ2) is 5.31. The van der Waals surface area contributed by atoms with E-state index in [-0.39, 0.29) is 23.7 Å². The molecule has 0 spiro atoms. The third-order valence-electron chi connectivity index (χ3n) is 5.73. The molecule has 0 aromatic carbocycles. The van der Waals surface area contributed by atoms with Gasteiger partial charge in [-0.2, -0.15) is 10.2 Å². The first-order valence-corrected chi connectivity index (χ1v) is 9.09. The number of fused-ring (bicyclic) bond motifs is 3. The topological polar surface area (TPSA) is 78.0 Å². The first kappa shape index (κ1) is 14.9. The SMILES string of the molecule is Cn1ccc(C(=O)N2[C@@H]3CC[C@H]2Cc2nn(CC4CC4)c(=O)n2C3)n1. The van der Waals surface area contributed by atoms with Crippen molar-refractivity contribution in [3.05, 3.63) is 34.3 Å². The minimum absolute atomic E-state index is 0.0142. The minimum atomic E-state index is -0.0304. The summed E-state index contributed by atoms with van der Waals surface area (Å²) in [6.45, 7) is 1.29. The van der Waals surface area contributed by atoms with Gasteiger partial charge in [0.2, 0.25) is 0 Å². The van der Waals surface area contributed by atoms with Gasteiger partial charge in [-0.25, -0.2) is 9.48 Å². The Labute approximate surface area is 145 Å². The molecule has 5 rings (SSSR count). The van der Waals surface area contributed by atoms with E-state index in [1.165, 1.54) is 12.8 Å². The van der Waals surface area contributed by atoms with E-state index < -0.39 is 0 Å². The van der Waals surface area contributed by atoms with E-state index >= 15 is 0 Å². The molecular weight excluding hydrogens is 320 g/mol. The Morgan fingerprint density at radius 1 is 1.20 bits per heavy atom. The van der Waals surface area contributed by atoms with Gasteiger partial charge in [0, 0.05) is 38.8 Å². The van der Waals surface area contributed by atoms with Crippen molar-refractivity contribution in [3.8, 4) is 0 Å². The summed E-state index contributed by atoms with van der Waals surface area (Å²) < 4.78 is 5.09. The molecule has 2 aromatic rings. The molecule has 0 N–H and O–H groups in total. The molecule has 2 atom stereocenters. The van der Waals surface area contributed by atoms with Crippen molar-refractivity contribution < 1.29 is 4.79 Å². The molecule has 1 saturated heterocycles. The number of amides is 1. The maximum Gasteiger partial charge on any atom is 0.345 e. The van der Waals surface area contributed by atoms with Gasteiger partial charge >= 0.3 is 5.69 Å². The molecule has 2 bridgehead atoms. The van der Waals surface area contributed by atoms with E-state index in [2.05, 4.69) is 10.2 Å². The predicted molar refractivity (Wildman–Crippen MR) is 89.1 cm³/mol. The van der Waals surface area contributed by atoms with Gasteiger partial charge in [-0.1, -0.05) is 0 Å². The second-order valence-electron chi connectivity index (χ2n) is 7.61. The van der Waals surface area contributed by atoms with E-state index in [1.54, 1.807) is 26.2 Å². The lowest BCUT2D eigenvalue weighted by Gasteiger charge is -2.27. The van der Waals surface area contributed by atoms with Crippen molar-refractivity contribution in [1.82, 2.24) is 29.0 Å². The monoisotopic (exact) mass is 342 g/mol. The molecular formula is C17H22N6O2. The van der Waals surface area contributed by atoms with Crippen LogP contribution in [0.2, 0.25) is 0 Å². The molecule has 0 radical (unpaired) electrons. The van der Waals surface area contributed by atoms with Crippen LogP contribution >= 0.6 is 0 Å². The summed E-state index contributed by atoms with van der Waals surface area (Å²) in [5, 5.41) is 8.85. The molecule has 0 unspecified atom stereocenters. The fraction of sp³-hybridized carbons (Fsp3) is 0.647. The minimum Gasteiger partial charge on any atom is -0.329 e. The highest BCUT2D eigenvalue weighted by Gasteiger charge is 2.42. The van der Waals surface area contributed by atoms with Crippen LogP contribution in [0, 0.1) is 5.92 Å². The van der Waals surface area contributed by atoms with Gasteiger partial charge in [-0.15, -0.1) is 0 Å². The Balaban J connectivity index is 1.45. The number of carbonyl (C=O) groups excluding carboxylic acids is 1. The quantitative estimate of drug-likeness (QED) is 0.810. The summed E-state index contributed by atoms with van der Waals surface area (Å²) in [6.07, 6.45) is 6.74. The Hall–Kier alpha value is -2.38. The molecule has 4 heterocycles. The number of hydrogen-bond donors (Lipinski definition) is 0. The van der Waals surface area contributed by atoms with Crippen LogP contribution in [0.1, 0.15) is 42.0 Å². The lowest BCUT2D eigenvalue weighted by molar-refractivity contribution is 0.0658. The first-order valence-electron chi connectivity index (χ1n) is 9.09. The third kappa shape index (κ3) is 2.42. The summed E-state index contributed by atoms with van der Waals surface area (Å²) in [5.41, 5.74) is 0.463. The largest absolute Gasteiger partial charge is 0.345 e. The molecule has 25 heavy (non-hydrogen) atoms. The van der Waals surface area contributed by atoms with Gasteiger partial charge in [0.1, 0.15) is 11.5 Å². The molecule has 8 nitrogen and oxygen atoms in total. The number of hydrogen-bond acceptors (Lipinski definition) is 4. The third-order valence-corrected chi connectivity index (χ3v) is 5.73. The molecule has 2 fully saturated rings. The van der Waals surface area contributed by atoms with Gasteiger partial charge in [-0.05, 0) is 37.7 Å². The molecule has 8 heteroatoms. The summed E-state index contributed by atoms with van der Waals surface area (Å²) >= 11 is 0. The average molecular weight is 342 g/mol. The number of aromatic nitrogens is 5. The van der Waals surface area contributed by atoms with Crippen LogP contribution in [-0.2, 0) is 26.6 Å². The van der Waals surface area contributed by atoms with Crippen molar-refractivity contribution >= 4 is 5.91 Å². The van der Waals surface area contributed by atoms with E-state index in [0.29, 0.717) is 24.6 Å². The zero-order valence-corrected chi connectivity index (χ0v) is 14.3.